The summed E-state index contributed by atoms with van der Waals surface area (Å²) in [6.45, 7) is 2.06. The molecule has 0 spiro atoms. The topological polar surface area (TPSA) is 26.0 Å². The van der Waals surface area contributed by atoms with Crippen LogP contribution in [-0.4, -0.2) is 11.8 Å². The molecule has 2 aromatic carbocycles. The van der Waals surface area contributed by atoms with Gasteiger partial charge < -0.3 is 5.73 Å². The Balaban J connectivity index is 1.90. The summed E-state index contributed by atoms with van der Waals surface area (Å²) < 4.78 is 13.7. The summed E-state index contributed by atoms with van der Waals surface area (Å²) >= 11 is 7.43. The molecular formula is C16H17ClFNS. The molecule has 106 valence electrons. The lowest BCUT2D eigenvalue weighted by atomic mass is 10.1. The van der Waals surface area contributed by atoms with Crippen molar-refractivity contribution in [2.24, 2.45) is 5.73 Å². The Bertz CT molecular complexity index is 588. The zero-order chi connectivity index (χ0) is 14.5. The first-order valence-electron chi connectivity index (χ1n) is 6.43. The normalized spacial score (nSPS) is 12.4. The molecule has 0 saturated heterocycles. The zero-order valence-electron chi connectivity index (χ0n) is 11.3. The number of aryl methyl sites for hydroxylation is 1. The molecule has 0 amide bonds. The van der Waals surface area contributed by atoms with E-state index in [9.17, 15) is 4.39 Å². The Labute approximate surface area is 128 Å². The molecule has 0 aromatic heterocycles. The number of benzene rings is 2. The number of halogens is 2. The summed E-state index contributed by atoms with van der Waals surface area (Å²) in [6.07, 6.45) is 0.516. The third-order valence-corrected chi connectivity index (χ3v) is 4.37. The third kappa shape index (κ3) is 4.51. The van der Waals surface area contributed by atoms with Gasteiger partial charge in [-0.05, 0) is 43.2 Å². The highest BCUT2D eigenvalue weighted by Gasteiger charge is 2.09. The highest BCUT2D eigenvalue weighted by molar-refractivity contribution is 7.99. The standard InChI is InChI=1S/C16H17ClFNS/c1-11-3-2-4-15(7-11)20-10-14(19)8-12-5-6-13(17)9-16(12)18/h2-7,9,14H,8,10,19H2,1H3. The average Bonchev–Trinajstić information content (AvgIpc) is 2.40. The van der Waals surface area contributed by atoms with Crippen molar-refractivity contribution in [2.45, 2.75) is 24.3 Å². The van der Waals surface area contributed by atoms with E-state index < -0.39 is 0 Å². The predicted molar refractivity (Wildman–Crippen MR) is 85.0 cm³/mol. The highest BCUT2D eigenvalue weighted by Crippen LogP contribution is 2.21. The van der Waals surface area contributed by atoms with Crippen molar-refractivity contribution in [3.63, 3.8) is 0 Å². The zero-order valence-corrected chi connectivity index (χ0v) is 12.8. The maximum atomic E-state index is 13.7. The molecule has 1 nitrogen and oxygen atoms in total. The fraction of sp³-hybridized carbons (Fsp3) is 0.250. The summed E-state index contributed by atoms with van der Waals surface area (Å²) in [5, 5.41) is 0.411. The number of thioether (sulfide) groups is 1. The fourth-order valence-electron chi connectivity index (χ4n) is 1.94. The lowest BCUT2D eigenvalue weighted by Gasteiger charge is -2.12. The van der Waals surface area contributed by atoms with Crippen molar-refractivity contribution in [2.75, 3.05) is 5.75 Å². The van der Waals surface area contributed by atoms with Gasteiger partial charge in [0, 0.05) is 21.7 Å². The SMILES string of the molecule is Cc1cccc(SCC(N)Cc2ccc(Cl)cc2F)c1. The quantitative estimate of drug-likeness (QED) is 0.826. The van der Waals surface area contributed by atoms with E-state index in [1.165, 1.54) is 16.5 Å². The Kier molecular flexibility index (Phi) is 5.46. The smallest absolute Gasteiger partial charge is 0.127 e. The van der Waals surface area contributed by atoms with Crippen LogP contribution in [0.2, 0.25) is 5.02 Å². The van der Waals surface area contributed by atoms with Gasteiger partial charge >= 0.3 is 0 Å². The molecule has 0 aliphatic carbocycles. The van der Waals surface area contributed by atoms with Gasteiger partial charge in [0.15, 0.2) is 0 Å². The maximum absolute atomic E-state index is 13.7. The van der Waals surface area contributed by atoms with Crippen LogP contribution in [-0.2, 0) is 6.42 Å². The Morgan fingerprint density at radius 1 is 1.25 bits per heavy atom. The van der Waals surface area contributed by atoms with Gasteiger partial charge in [0.05, 0.1) is 0 Å². The van der Waals surface area contributed by atoms with E-state index in [1.54, 1.807) is 23.9 Å². The van der Waals surface area contributed by atoms with Gasteiger partial charge in [-0.15, -0.1) is 11.8 Å². The minimum Gasteiger partial charge on any atom is -0.327 e. The number of rotatable bonds is 5. The van der Waals surface area contributed by atoms with Gasteiger partial charge in [-0.2, -0.15) is 0 Å². The maximum Gasteiger partial charge on any atom is 0.127 e. The minimum atomic E-state index is -0.284. The van der Waals surface area contributed by atoms with Crippen molar-refractivity contribution in [3.8, 4) is 0 Å². The van der Waals surface area contributed by atoms with Crippen LogP contribution in [0.25, 0.3) is 0 Å². The van der Waals surface area contributed by atoms with Crippen LogP contribution in [0, 0.1) is 12.7 Å². The van der Waals surface area contributed by atoms with Crippen LogP contribution in [0.3, 0.4) is 0 Å². The van der Waals surface area contributed by atoms with Crippen LogP contribution in [0.5, 0.6) is 0 Å². The molecular weight excluding hydrogens is 293 g/mol. The van der Waals surface area contributed by atoms with Gasteiger partial charge in [-0.1, -0.05) is 35.4 Å². The molecule has 2 aromatic rings. The van der Waals surface area contributed by atoms with Crippen molar-refractivity contribution in [3.05, 3.63) is 64.4 Å². The summed E-state index contributed by atoms with van der Waals surface area (Å²) in [6, 6.07) is 12.9. The molecule has 0 bridgehead atoms. The fourth-order valence-corrected chi connectivity index (χ4v) is 3.06. The van der Waals surface area contributed by atoms with Crippen LogP contribution >= 0.6 is 23.4 Å². The van der Waals surface area contributed by atoms with E-state index in [0.717, 1.165) is 5.75 Å². The molecule has 4 heteroatoms. The third-order valence-electron chi connectivity index (χ3n) is 2.95. The van der Waals surface area contributed by atoms with Crippen molar-refractivity contribution < 1.29 is 4.39 Å². The first-order valence-corrected chi connectivity index (χ1v) is 7.80. The largest absolute Gasteiger partial charge is 0.327 e. The Morgan fingerprint density at radius 3 is 2.75 bits per heavy atom. The molecule has 0 saturated carbocycles. The van der Waals surface area contributed by atoms with Crippen LogP contribution in [0.1, 0.15) is 11.1 Å². The lowest BCUT2D eigenvalue weighted by molar-refractivity contribution is 0.597. The molecule has 1 unspecified atom stereocenters. The first-order chi connectivity index (χ1) is 9.54. The second kappa shape index (κ2) is 7.11. The summed E-state index contributed by atoms with van der Waals surface area (Å²) in [5.74, 6) is 0.472. The molecule has 0 aliphatic rings. The van der Waals surface area contributed by atoms with E-state index in [2.05, 4.69) is 25.1 Å². The van der Waals surface area contributed by atoms with Gasteiger partial charge in [0.1, 0.15) is 5.82 Å². The number of hydrogen-bond donors (Lipinski definition) is 1. The summed E-state index contributed by atoms with van der Waals surface area (Å²) in [5.41, 5.74) is 7.92. The van der Waals surface area contributed by atoms with Gasteiger partial charge in [-0.3, -0.25) is 0 Å². The first kappa shape index (κ1) is 15.4. The number of nitrogens with two attached hydrogens (primary N) is 1. The van der Waals surface area contributed by atoms with Crippen LogP contribution < -0.4 is 5.73 Å². The second-order valence-electron chi connectivity index (χ2n) is 4.83. The molecule has 0 heterocycles. The predicted octanol–water partition coefficient (Wildman–Crippen LogP) is 4.45. The highest BCUT2D eigenvalue weighted by atomic mass is 35.5. The van der Waals surface area contributed by atoms with E-state index in [1.807, 2.05) is 6.07 Å². The van der Waals surface area contributed by atoms with Crippen LogP contribution in [0.15, 0.2) is 47.4 Å². The van der Waals surface area contributed by atoms with Crippen molar-refractivity contribution in [1.82, 2.24) is 0 Å². The van der Waals surface area contributed by atoms with Crippen LogP contribution in [0.4, 0.5) is 4.39 Å². The Morgan fingerprint density at radius 2 is 2.05 bits per heavy atom. The molecule has 1 atom stereocenters. The molecule has 2 N–H and O–H groups in total. The number of hydrogen-bond acceptors (Lipinski definition) is 2. The molecule has 0 radical (unpaired) electrons. The average molecular weight is 310 g/mol. The summed E-state index contributed by atoms with van der Waals surface area (Å²) in [7, 11) is 0. The monoisotopic (exact) mass is 309 g/mol. The summed E-state index contributed by atoms with van der Waals surface area (Å²) in [4.78, 5) is 1.19. The Hall–Kier alpha value is -1.03. The molecule has 0 fully saturated rings. The van der Waals surface area contributed by atoms with E-state index in [-0.39, 0.29) is 11.9 Å². The van der Waals surface area contributed by atoms with Crippen molar-refractivity contribution in [1.29, 1.82) is 0 Å². The molecule has 20 heavy (non-hydrogen) atoms. The van der Waals surface area contributed by atoms with E-state index in [0.29, 0.717) is 17.0 Å². The van der Waals surface area contributed by atoms with Gasteiger partial charge in [-0.25, -0.2) is 4.39 Å². The lowest BCUT2D eigenvalue weighted by Crippen LogP contribution is -2.26. The van der Waals surface area contributed by atoms with Gasteiger partial charge in [0.25, 0.3) is 0 Å². The van der Waals surface area contributed by atoms with Crippen molar-refractivity contribution >= 4 is 23.4 Å². The second-order valence-corrected chi connectivity index (χ2v) is 6.36. The molecule has 2 rings (SSSR count). The van der Waals surface area contributed by atoms with E-state index in [4.69, 9.17) is 17.3 Å². The molecule has 0 aliphatic heterocycles. The van der Waals surface area contributed by atoms with Gasteiger partial charge in [0.2, 0.25) is 0 Å². The minimum absolute atomic E-state index is 0.0869. The van der Waals surface area contributed by atoms with E-state index >= 15 is 0 Å².